The second-order valence-electron chi connectivity index (χ2n) is 5.27. The topological polar surface area (TPSA) is 43.8 Å². The van der Waals surface area contributed by atoms with E-state index >= 15 is 0 Å². The van der Waals surface area contributed by atoms with Crippen molar-refractivity contribution in [2.45, 2.75) is 50.4 Å². The highest BCUT2D eigenvalue weighted by Gasteiger charge is 2.30. The van der Waals surface area contributed by atoms with E-state index in [0.717, 1.165) is 5.25 Å². The van der Waals surface area contributed by atoms with Crippen molar-refractivity contribution in [3.8, 4) is 0 Å². The van der Waals surface area contributed by atoms with Crippen molar-refractivity contribution in [2.24, 2.45) is 11.7 Å². The van der Waals surface area contributed by atoms with Gasteiger partial charge in [0, 0.05) is 23.5 Å². The van der Waals surface area contributed by atoms with Gasteiger partial charge in [-0.15, -0.1) is 0 Å². The predicted molar refractivity (Wildman–Crippen MR) is 74.2 cm³/mol. The van der Waals surface area contributed by atoms with E-state index in [9.17, 15) is 0 Å². The summed E-state index contributed by atoms with van der Waals surface area (Å²) in [7, 11) is 0. The molecule has 0 amide bonds. The van der Waals surface area contributed by atoms with Gasteiger partial charge >= 0.3 is 0 Å². The fourth-order valence-electron chi connectivity index (χ4n) is 2.69. The van der Waals surface area contributed by atoms with E-state index in [1.54, 1.807) is 0 Å². The van der Waals surface area contributed by atoms with Crippen LogP contribution in [0.1, 0.15) is 50.9 Å². The highest BCUT2D eigenvalue weighted by molar-refractivity contribution is 7.99. The summed E-state index contributed by atoms with van der Waals surface area (Å²) >= 11 is 1.98. The van der Waals surface area contributed by atoms with E-state index < -0.39 is 0 Å². The van der Waals surface area contributed by atoms with Crippen LogP contribution in [0.25, 0.3) is 0 Å². The van der Waals surface area contributed by atoms with Crippen LogP contribution in [0.15, 0.2) is 12.5 Å². The Morgan fingerprint density at radius 1 is 1.47 bits per heavy atom. The molecule has 2 N–H and O–H groups in total. The summed E-state index contributed by atoms with van der Waals surface area (Å²) in [5.74, 6) is 0.458. The highest BCUT2D eigenvalue weighted by Crippen LogP contribution is 2.39. The molecule has 0 radical (unpaired) electrons. The molecule has 17 heavy (non-hydrogen) atoms. The molecule has 1 heterocycles. The molecule has 1 fully saturated rings. The summed E-state index contributed by atoms with van der Waals surface area (Å²) in [4.78, 5) is 4.31. The van der Waals surface area contributed by atoms with Crippen molar-refractivity contribution in [1.82, 2.24) is 9.55 Å². The summed E-state index contributed by atoms with van der Waals surface area (Å²) in [5.41, 5.74) is 7.47. The Labute approximate surface area is 108 Å². The van der Waals surface area contributed by atoms with E-state index in [1.807, 2.05) is 24.3 Å². The summed E-state index contributed by atoms with van der Waals surface area (Å²) in [5, 5.41) is 0.724. The van der Waals surface area contributed by atoms with Gasteiger partial charge in [-0.3, -0.25) is 0 Å². The van der Waals surface area contributed by atoms with E-state index in [1.165, 1.54) is 25.0 Å². The average Bonchev–Trinajstić information content (AvgIpc) is 2.95. The molecule has 96 valence electrons. The Balaban J connectivity index is 2.24. The van der Waals surface area contributed by atoms with Crippen LogP contribution in [-0.4, -0.2) is 21.1 Å². The maximum absolute atomic E-state index is 6.27. The SMILES string of the molecule is CSC1CCCC1n1cncc1C(N)C(C)C. The Morgan fingerprint density at radius 3 is 2.88 bits per heavy atom. The van der Waals surface area contributed by atoms with E-state index in [0.29, 0.717) is 12.0 Å². The van der Waals surface area contributed by atoms with Gasteiger partial charge in [0.25, 0.3) is 0 Å². The van der Waals surface area contributed by atoms with Gasteiger partial charge in [0.15, 0.2) is 0 Å². The monoisotopic (exact) mass is 253 g/mol. The largest absolute Gasteiger partial charge is 0.329 e. The van der Waals surface area contributed by atoms with Crippen molar-refractivity contribution >= 4 is 11.8 Å². The normalized spacial score (nSPS) is 26.6. The molecule has 0 aromatic carbocycles. The second kappa shape index (κ2) is 5.44. The van der Waals surface area contributed by atoms with E-state index in [4.69, 9.17) is 5.73 Å². The third-order valence-corrected chi connectivity index (χ3v) is 4.99. The third kappa shape index (κ3) is 2.52. The molecule has 0 bridgehead atoms. The Hall–Kier alpha value is -0.480. The van der Waals surface area contributed by atoms with Crippen molar-refractivity contribution < 1.29 is 0 Å². The maximum Gasteiger partial charge on any atom is 0.0951 e. The zero-order valence-electron chi connectivity index (χ0n) is 11.0. The number of aromatic nitrogens is 2. The van der Waals surface area contributed by atoms with Crippen molar-refractivity contribution in [3.63, 3.8) is 0 Å². The molecule has 0 spiro atoms. The first-order valence-corrected chi connectivity index (χ1v) is 7.74. The fraction of sp³-hybridized carbons (Fsp3) is 0.769. The zero-order chi connectivity index (χ0) is 12.4. The maximum atomic E-state index is 6.27. The molecule has 3 nitrogen and oxygen atoms in total. The number of nitrogens with zero attached hydrogens (tertiary/aromatic N) is 2. The number of hydrogen-bond acceptors (Lipinski definition) is 3. The predicted octanol–water partition coefficient (Wildman–Crippen LogP) is 3.00. The number of rotatable bonds is 4. The van der Waals surface area contributed by atoms with Gasteiger partial charge in [-0.05, 0) is 25.0 Å². The van der Waals surface area contributed by atoms with Gasteiger partial charge in [-0.25, -0.2) is 4.98 Å². The molecule has 3 atom stereocenters. The number of imidazole rings is 1. The van der Waals surface area contributed by atoms with Crippen LogP contribution < -0.4 is 5.73 Å². The summed E-state index contributed by atoms with van der Waals surface area (Å²) in [6.07, 6.45) is 10.0. The van der Waals surface area contributed by atoms with Gasteiger partial charge < -0.3 is 10.3 Å². The molecule has 1 aromatic heterocycles. The zero-order valence-corrected chi connectivity index (χ0v) is 11.8. The van der Waals surface area contributed by atoms with Crippen LogP contribution in [0.3, 0.4) is 0 Å². The minimum atomic E-state index is 0.0978. The lowest BCUT2D eigenvalue weighted by molar-refractivity contribution is 0.440. The second-order valence-corrected chi connectivity index (χ2v) is 6.34. The Kier molecular flexibility index (Phi) is 4.15. The number of nitrogens with two attached hydrogens (primary N) is 1. The molecular formula is C13H23N3S. The first-order chi connectivity index (χ1) is 8.15. The van der Waals surface area contributed by atoms with Crippen LogP contribution >= 0.6 is 11.8 Å². The minimum absolute atomic E-state index is 0.0978. The Bertz CT molecular complexity index is 361. The van der Waals surface area contributed by atoms with Crippen molar-refractivity contribution in [1.29, 1.82) is 0 Å². The fourth-order valence-corrected chi connectivity index (χ4v) is 3.68. The Morgan fingerprint density at radius 2 is 2.24 bits per heavy atom. The van der Waals surface area contributed by atoms with Crippen LogP contribution in [0.2, 0.25) is 0 Å². The van der Waals surface area contributed by atoms with Crippen LogP contribution in [0, 0.1) is 5.92 Å². The molecule has 0 aliphatic heterocycles. The highest BCUT2D eigenvalue weighted by atomic mass is 32.2. The van der Waals surface area contributed by atoms with E-state index in [-0.39, 0.29) is 6.04 Å². The van der Waals surface area contributed by atoms with Gasteiger partial charge in [-0.1, -0.05) is 20.3 Å². The molecule has 1 saturated carbocycles. The summed E-state index contributed by atoms with van der Waals surface area (Å²) in [6, 6.07) is 0.688. The summed E-state index contributed by atoms with van der Waals surface area (Å²) < 4.78 is 2.33. The van der Waals surface area contributed by atoms with Crippen LogP contribution in [0.5, 0.6) is 0 Å². The first kappa shape index (κ1) is 13.0. The van der Waals surface area contributed by atoms with Crippen molar-refractivity contribution in [3.05, 3.63) is 18.2 Å². The van der Waals surface area contributed by atoms with Gasteiger partial charge in [-0.2, -0.15) is 11.8 Å². The van der Waals surface area contributed by atoms with Gasteiger partial charge in [0.2, 0.25) is 0 Å². The lowest BCUT2D eigenvalue weighted by Gasteiger charge is -2.25. The molecular weight excluding hydrogens is 230 g/mol. The van der Waals surface area contributed by atoms with Gasteiger partial charge in [0.1, 0.15) is 0 Å². The van der Waals surface area contributed by atoms with Crippen LogP contribution in [0.4, 0.5) is 0 Å². The summed E-state index contributed by atoms with van der Waals surface area (Å²) in [6.45, 7) is 4.34. The smallest absolute Gasteiger partial charge is 0.0951 e. The molecule has 4 heteroatoms. The first-order valence-electron chi connectivity index (χ1n) is 6.45. The molecule has 1 aliphatic carbocycles. The molecule has 2 rings (SSSR count). The molecule has 3 unspecified atom stereocenters. The quantitative estimate of drug-likeness (QED) is 0.897. The third-order valence-electron chi connectivity index (χ3n) is 3.83. The average molecular weight is 253 g/mol. The molecule has 1 aliphatic rings. The van der Waals surface area contributed by atoms with Crippen molar-refractivity contribution in [2.75, 3.05) is 6.26 Å². The lowest BCUT2D eigenvalue weighted by Crippen LogP contribution is -2.24. The number of thioether (sulfide) groups is 1. The standard InChI is InChI=1S/C13H23N3S/c1-9(2)13(14)11-7-15-8-16(11)10-5-4-6-12(10)17-3/h7-10,12-13H,4-6,14H2,1-3H3. The van der Waals surface area contributed by atoms with Crippen LogP contribution in [-0.2, 0) is 0 Å². The number of hydrogen-bond donors (Lipinski definition) is 1. The molecule has 0 saturated heterocycles. The van der Waals surface area contributed by atoms with E-state index in [2.05, 4.69) is 29.7 Å². The minimum Gasteiger partial charge on any atom is -0.329 e. The lowest BCUT2D eigenvalue weighted by atomic mass is 10.0. The molecule has 1 aromatic rings. The van der Waals surface area contributed by atoms with Gasteiger partial charge in [0.05, 0.1) is 12.0 Å².